The zero-order valence-corrected chi connectivity index (χ0v) is 10.7. The van der Waals surface area contributed by atoms with Gasteiger partial charge in [-0.25, -0.2) is 0 Å². The number of nitrogens with zero attached hydrogens (tertiary/aromatic N) is 1. The third-order valence-electron chi connectivity index (χ3n) is 2.68. The van der Waals surface area contributed by atoms with Crippen molar-refractivity contribution >= 4 is 0 Å². The van der Waals surface area contributed by atoms with Crippen LogP contribution < -0.4 is 0 Å². The van der Waals surface area contributed by atoms with Crippen LogP contribution in [-0.4, -0.2) is 36.7 Å². The molecule has 0 aromatic carbocycles. The molecule has 0 spiro atoms. The van der Waals surface area contributed by atoms with E-state index in [2.05, 4.69) is 37.5 Å². The summed E-state index contributed by atoms with van der Waals surface area (Å²) >= 11 is 0. The van der Waals surface area contributed by atoms with Gasteiger partial charge in [0.2, 0.25) is 0 Å². The van der Waals surface area contributed by atoms with Gasteiger partial charge in [-0.3, -0.25) is 4.90 Å². The molecule has 1 fully saturated rings. The van der Waals surface area contributed by atoms with Gasteiger partial charge in [0.15, 0.2) is 0 Å². The Bertz CT molecular complexity index is 272. The second-order valence-corrected chi connectivity index (χ2v) is 5.49. The lowest BCUT2D eigenvalue weighted by Gasteiger charge is -2.40. The summed E-state index contributed by atoms with van der Waals surface area (Å²) in [6.45, 7) is 7.21. The molecule has 2 nitrogen and oxygen atoms in total. The smallest absolute Gasteiger partial charge is 0.126 e. The highest BCUT2D eigenvalue weighted by molar-refractivity contribution is 5.15. The first-order valence-corrected chi connectivity index (χ1v) is 5.68. The molecule has 0 amide bonds. The second kappa shape index (κ2) is 4.55. The van der Waals surface area contributed by atoms with Crippen LogP contribution in [0, 0.1) is 11.8 Å². The van der Waals surface area contributed by atoms with Crippen LogP contribution in [0.2, 0.25) is 0 Å². The summed E-state index contributed by atoms with van der Waals surface area (Å²) in [6.07, 6.45) is 3.40. The van der Waals surface area contributed by atoms with E-state index in [0.29, 0.717) is 0 Å². The van der Waals surface area contributed by atoms with E-state index in [1.165, 1.54) is 6.42 Å². The van der Waals surface area contributed by atoms with Crippen molar-refractivity contribution in [3.8, 4) is 11.8 Å². The molecule has 0 aliphatic carbocycles. The largest absolute Gasteiger partial charge is 0.357 e. The molecular weight excluding hydrogens is 186 g/mol. The van der Waals surface area contributed by atoms with E-state index in [0.717, 1.165) is 19.4 Å². The fourth-order valence-corrected chi connectivity index (χ4v) is 2.04. The van der Waals surface area contributed by atoms with Crippen LogP contribution in [0.25, 0.3) is 0 Å². The van der Waals surface area contributed by atoms with Crippen LogP contribution in [0.1, 0.15) is 40.0 Å². The van der Waals surface area contributed by atoms with Gasteiger partial charge in [-0.2, -0.15) is 0 Å². The van der Waals surface area contributed by atoms with Crippen LogP contribution in [-0.2, 0) is 4.74 Å². The molecule has 15 heavy (non-hydrogen) atoms. The fourth-order valence-electron chi connectivity index (χ4n) is 2.04. The first-order valence-electron chi connectivity index (χ1n) is 5.68. The highest BCUT2D eigenvalue weighted by atomic mass is 16.5. The molecule has 86 valence electrons. The topological polar surface area (TPSA) is 12.5 Å². The van der Waals surface area contributed by atoms with E-state index < -0.39 is 0 Å². The lowest BCUT2D eigenvalue weighted by atomic mass is 9.88. The monoisotopic (exact) mass is 209 g/mol. The van der Waals surface area contributed by atoms with Crippen molar-refractivity contribution < 1.29 is 4.74 Å². The predicted octanol–water partition coefficient (Wildman–Crippen LogP) is 2.29. The molecule has 0 aromatic rings. The van der Waals surface area contributed by atoms with E-state index in [4.69, 9.17) is 4.74 Å². The zero-order chi connectivity index (χ0) is 11.5. The quantitative estimate of drug-likeness (QED) is 0.614. The molecule has 1 saturated heterocycles. The SMILES string of the molecule is CN(C)CC#C[C@@]1(C)CCCC(C)(C)O1. The van der Waals surface area contributed by atoms with Crippen LogP contribution >= 0.6 is 0 Å². The van der Waals surface area contributed by atoms with E-state index in [9.17, 15) is 0 Å². The molecule has 1 atom stereocenters. The fraction of sp³-hybridized carbons (Fsp3) is 0.846. The minimum Gasteiger partial charge on any atom is -0.357 e. The van der Waals surface area contributed by atoms with Crippen LogP contribution in [0.5, 0.6) is 0 Å². The highest BCUT2D eigenvalue weighted by Crippen LogP contribution is 2.34. The number of hydrogen-bond acceptors (Lipinski definition) is 2. The van der Waals surface area contributed by atoms with Crippen molar-refractivity contribution in [3.05, 3.63) is 0 Å². The Morgan fingerprint density at radius 3 is 2.40 bits per heavy atom. The molecule has 0 N–H and O–H groups in total. The van der Waals surface area contributed by atoms with Gasteiger partial charge in [0, 0.05) is 0 Å². The van der Waals surface area contributed by atoms with Gasteiger partial charge < -0.3 is 4.74 Å². The van der Waals surface area contributed by atoms with Gasteiger partial charge >= 0.3 is 0 Å². The first kappa shape index (κ1) is 12.5. The normalized spacial score (nSPS) is 29.7. The summed E-state index contributed by atoms with van der Waals surface area (Å²) < 4.78 is 6.05. The Kier molecular flexibility index (Phi) is 3.81. The van der Waals surface area contributed by atoms with Gasteiger partial charge in [0.1, 0.15) is 5.60 Å². The minimum absolute atomic E-state index is 0.0141. The van der Waals surface area contributed by atoms with Crippen molar-refractivity contribution in [1.82, 2.24) is 4.90 Å². The maximum Gasteiger partial charge on any atom is 0.126 e. The molecule has 0 bridgehead atoms. The average molecular weight is 209 g/mol. The Balaban J connectivity index is 2.60. The third-order valence-corrected chi connectivity index (χ3v) is 2.68. The summed E-state index contributed by atoms with van der Waals surface area (Å²) in [5, 5.41) is 0. The molecule has 1 rings (SSSR count). The maximum atomic E-state index is 6.05. The summed E-state index contributed by atoms with van der Waals surface area (Å²) in [6, 6.07) is 0. The average Bonchev–Trinajstić information content (AvgIpc) is 1.99. The van der Waals surface area contributed by atoms with Crippen LogP contribution in [0.4, 0.5) is 0 Å². The van der Waals surface area contributed by atoms with Crippen molar-refractivity contribution in [3.63, 3.8) is 0 Å². The molecule has 1 aliphatic rings. The summed E-state index contributed by atoms with van der Waals surface area (Å²) in [7, 11) is 4.06. The molecule has 2 heteroatoms. The maximum absolute atomic E-state index is 6.05. The zero-order valence-electron chi connectivity index (χ0n) is 10.7. The van der Waals surface area contributed by atoms with Crippen LogP contribution in [0.15, 0.2) is 0 Å². The lowest BCUT2D eigenvalue weighted by molar-refractivity contribution is -0.135. The molecule has 1 aliphatic heterocycles. The van der Waals surface area contributed by atoms with E-state index in [1.54, 1.807) is 0 Å². The van der Waals surface area contributed by atoms with Gasteiger partial charge in [-0.05, 0) is 54.1 Å². The highest BCUT2D eigenvalue weighted by Gasteiger charge is 2.35. The van der Waals surface area contributed by atoms with Crippen LogP contribution in [0.3, 0.4) is 0 Å². The Morgan fingerprint density at radius 2 is 1.87 bits per heavy atom. The minimum atomic E-state index is -0.238. The van der Waals surface area contributed by atoms with Gasteiger partial charge in [-0.15, -0.1) is 0 Å². The molecular formula is C13H23NO. The van der Waals surface area contributed by atoms with Gasteiger partial charge in [0.25, 0.3) is 0 Å². The molecule has 0 unspecified atom stereocenters. The Hall–Kier alpha value is -0.520. The van der Waals surface area contributed by atoms with Gasteiger partial charge in [-0.1, -0.05) is 11.8 Å². The van der Waals surface area contributed by atoms with E-state index in [-0.39, 0.29) is 11.2 Å². The van der Waals surface area contributed by atoms with Crippen molar-refractivity contribution in [1.29, 1.82) is 0 Å². The number of ether oxygens (including phenoxy) is 1. The third kappa shape index (κ3) is 4.24. The molecule has 0 saturated carbocycles. The summed E-state index contributed by atoms with van der Waals surface area (Å²) in [5.41, 5.74) is -0.252. The Morgan fingerprint density at radius 1 is 1.20 bits per heavy atom. The summed E-state index contributed by atoms with van der Waals surface area (Å²) in [5.74, 6) is 6.45. The van der Waals surface area contributed by atoms with E-state index >= 15 is 0 Å². The number of hydrogen-bond donors (Lipinski definition) is 0. The predicted molar refractivity (Wildman–Crippen MR) is 63.8 cm³/mol. The molecule has 0 radical (unpaired) electrons. The van der Waals surface area contributed by atoms with Crippen molar-refractivity contribution in [2.24, 2.45) is 0 Å². The standard InChI is InChI=1S/C13H23NO/c1-12(2)8-6-9-13(3,15-12)10-7-11-14(4)5/h6,8-9,11H2,1-5H3/t13-/m1/s1. The lowest BCUT2D eigenvalue weighted by Crippen LogP contribution is -2.42. The first-order chi connectivity index (χ1) is 6.83. The Labute approximate surface area is 94.0 Å². The molecule has 1 heterocycles. The molecule has 0 aromatic heterocycles. The van der Waals surface area contributed by atoms with Gasteiger partial charge in [0.05, 0.1) is 12.1 Å². The van der Waals surface area contributed by atoms with Crippen molar-refractivity contribution in [2.75, 3.05) is 20.6 Å². The number of rotatable bonds is 1. The van der Waals surface area contributed by atoms with Crippen molar-refractivity contribution in [2.45, 2.75) is 51.2 Å². The van der Waals surface area contributed by atoms with E-state index in [1.807, 2.05) is 14.1 Å². The summed E-state index contributed by atoms with van der Waals surface area (Å²) in [4.78, 5) is 2.07. The second-order valence-electron chi connectivity index (χ2n) is 5.49.